The van der Waals surface area contributed by atoms with E-state index in [2.05, 4.69) is 0 Å². The number of halogens is 1. The highest BCUT2D eigenvalue weighted by Crippen LogP contribution is 2.19. The summed E-state index contributed by atoms with van der Waals surface area (Å²) in [5, 5.41) is 0. The molecule has 0 unspecified atom stereocenters. The van der Waals surface area contributed by atoms with E-state index in [1.807, 2.05) is 29.2 Å². The van der Waals surface area contributed by atoms with E-state index in [1.165, 1.54) is 12.1 Å². The van der Waals surface area contributed by atoms with Gasteiger partial charge in [-0.05, 0) is 48.5 Å². The van der Waals surface area contributed by atoms with Gasteiger partial charge < -0.3 is 20.1 Å². The lowest BCUT2D eigenvalue weighted by molar-refractivity contribution is -0.117. The van der Waals surface area contributed by atoms with Crippen LogP contribution in [0.4, 0.5) is 10.1 Å². The monoisotopic (exact) mass is 332 g/mol. The summed E-state index contributed by atoms with van der Waals surface area (Å²) >= 11 is 0. The molecule has 0 aliphatic carbocycles. The van der Waals surface area contributed by atoms with Crippen molar-refractivity contribution in [3.63, 3.8) is 0 Å². The van der Waals surface area contributed by atoms with Crippen LogP contribution in [-0.2, 0) is 4.79 Å². The zero-order valence-corrected chi connectivity index (χ0v) is 13.6. The van der Waals surface area contributed by atoms with Gasteiger partial charge in [-0.3, -0.25) is 4.79 Å². The van der Waals surface area contributed by atoms with Crippen LogP contribution in [0.1, 0.15) is 6.42 Å². The lowest BCUT2D eigenvalue weighted by atomic mass is 10.2. The number of nitrogens with two attached hydrogens (primary N) is 1. The van der Waals surface area contributed by atoms with Gasteiger partial charge in [-0.2, -0.15) is 0 Å². The lowest BCUT2D eigenvalue weighted by Crippen LogP contribution is -2.31. The van der Waals surface area contributed by atoms with E-state index < -0.39 is 0 Å². The van der Waals surface area contributed by atoms with Crippen molar-refractivity contribution in [2.24, 2.45) is 5.73 Å². The summed E-state index contributed by atoms with van der Waals surface area (Å²) in [5.74, 6) is 0.703. The Kier molecular flexibility index (Phi) is 6.42. The Balaban J connectivity index is 1.96. The number of amides is 1. The third kappa shape index (κ3) is 5.46. The van der Waals surface area contributed by atoms with Crippen molar-refractivity contribution >= 4 is 11.6 Å². The molecule has 5 nitrogen and oxygen atoms in total. The molecule has 0 aromatic heterocycles. The first-order valence-electron chi connectivity index (χ1n) is 7.64. The van der Waals surface area contributed by atoms with Gasteiger partial charge in [0.1, 0.15) is 23.9 Å². The molecule has 0 fully saturated rings. The second-order valence-corrected chi connectivity index (χ2v) is 5.20. The molecule has 6 heteroatoms. The molecule has 24 heavy (non-hydrogen) atoms. The number of anilines is 1. The van der Waals surface area contributed by atoms with E-state index in [-0.39, 0.29) is 18.1 Å². The van der Waals surface area contributed by atoms with E-state index >= 15 is 0 Å². The molecule has 0 heterocycles. The Morgan fingerprint density at radius 2 is 1.67 bits per heavy atom. The second kappa shape index (κ2) is 8.76. The third-order valence-corrected chi connectivity index (χ3v) is 3.51. The fourth-order valence-electron chi connectivity index (χ4n) is 2.21. The van der Waals surface area contributed by atoms with Crippen LogP contribution >= 0.6 is 0 Å². The molecular weight excluding hydrogens is 311 g/mol. The summed E-state index contributed by atoms with van der Waals surface area (Å²) < 4.78 is 23.6. The molecule has 1 amide bonds. The van der Waals surface area contributed by atoms with Crippen LogP contribution in [0.15, 0.2) is 48.5 Å². The number of ether oxygens (including phenoxy) is 2. The molecule has 0 aliphatic rings. The number of hydrogen-bond acceptors (Lipinski definition) is 4. The van der Waals surface area contributed by atoms with Crippen molar-refractivity contribution in [2.75, 3.05) is 31.7 Å². The topological polar surface area (TPSA) is 64.8 Å². The van der Waals surface area contributed by atoms with Crippen molar-refractivity contribution < 1.29 is 18.7 Å². The third-order valence-electron chi connectivity index (χ3n) is 3.51. The highest BCUT2D eigenvalue weighted by atomic mass is 19.1. The molecule has 128 valence electrons. The Morgan fingerprint density at radius 3 is 2.25 bits per heavy atom. The van der Waals surface area contributed by atoms with Crippen LogP contribution in [0.3, 0.4) is 0 Å². The number of hydrogen-bond donors (Lipinski definition) is 1. The minimum atomic E-state index is -0.354. The molecule has 0 atom stereocenters. The molecular formula is C18H21FN2O3. The highest BCUT2D eigenvalue weighted by molar-refractivity contribution is 5.74. The van der Waals surface area contributed by atoms with Gasteiger partial charge in [-0.15, -0.1) is 0 Å². The summed E-state index contributed by atoms with van der Waals surface area (Å²) in [5.41, 5.74) is 6.19. The van der Waals surface area contributed by atoms with Gasteiger partial charge in [0.2, 0.25) is 5.91 Å². The van der Waals surface area contributed by atoms with E-state index in [1.54, 1.807) is 19.2 Å². The van der Waals surface area contributed by atoms with Crippen LogP contribution in [-0.4, -0.2) is 32.7 Å². The van der Waals surface area contributed by atoms with Crippen LogP contribution in [0, 0.1) is 5.82 Å². The maximum absolute atomic E-state index is 12.9. The first-order valence-corrected chi connectivity index (χ1v) is 7.64. The van der Waals surface area contributed by atoms with Gasteiger partial charge >= 0.3 is 0 Å². The van der Waals surface area contributed by atoms with Crippen LogP contribution in [0.2, 0.25) is 0 Å². The average Bonchev–Trinajstić information content (AvgIpc) is 2.59. The first kappa shape index (κ1) is 17.6. The van der Waals surface area contributed by atoms with Crippen molar-refractivity contribution in [2.45, 2.75) is 6.42 Å². The second-order valence-electron chi connectivity index (χ2n) is 5.20. The van der Waals surface area contributed by atoms with E-state index in [0.717, 1.165) is 11.4 Å². The molecule has 2 N–H and O–H groups in total. The molecule has 0 radical (unpaired) electrons. The van der Waals surface area contributed by atoms with Gasteiger partial charge in [0.25, 0.3) is 0 Å². The predicted octanol–water partition coefficient (Wildman–Crippen LogP) is 2.60. The molecule has 0 spiro atoms. The summed E-state index contributed by atoms with van der Waals surface area (Å²) in [6, 6.07) is 13.4. The maximum Gasteiger partial charge on any atom is 0.219 e. The van der Waals surface area contributed by atoms with Crippen molar-refractivity contribution in [3.05, 3.63) is 54.3 Å². The minimum absolute atomic E-state index is 0.253. The molecule has 2 aromatic carbocycles. The highest BCUT2D eigenvalue weighted by Gasteiger charge is 2.09. The van der Waals surface area contributed by atoms with Crippen molar-refractivity contribution in [3.8, 4) is 11.5 Å². The SMILES string of the molecule is COc1ccc(N(CCOc2ccc(F)cc2)CCC(N)=O)cc1. The van der Waals surface area contributed by atoms with E-state index in [4.69, 9.17) is 15.2 Å². The summed E-state index contributed by atoms with van der Waals surface area (Å²) in [7, 11) is 1.61. The Morgan fingerprint density at radius 1 is 1.04 bits per heavy atom. The van der Waals surface area contributed by atoms with Crippen LogP contribution in [0.5, 0.6) is 11.5 Å². The Bertz CT molecular complexity index is 644. The number of primary amides is 1. The van der Waals surface area contributed by atoms with E-state index in [9.17, 15) is 9.18 Å². The Labute approximate surface area is 140 Å². The average molecular weight is 332 g/mol. The summed E-state index contributed by atoms with van der Waals surface area (Å²) in [6.45, 7) is 1.46. The fourth-order valence-corrected chi connectivity index (χ4v) is 2.21. The van der Waals surface area contributed by atoms with Gasteiger partial charge in [-0.1, -0.05) is 0 Å². The molecule has 0 aliphatic heterocycles. The zero-order chi connectivity index (χ0) is 17.4. The Hall–Kier alpha value is -2.76. The number of carbonyl (C=O) groups excluding carboxylic acids is 1. The number of benzene rings is 2. The summed E-state index contributed by atoms with van der Waals surface area (Å²) in [4.78, 5) is 13.1. The summed E-state index contributed by atoms with van der Waals surface area (Å²) in [6.07, 6.45) is 0.253. The molecule has 0 saturated carbocycles. The maximum atomic E-state index is 12.9. The van der Waals surface area contributed by atoms with Crippen LogP contribution < -0.4 is 20.1 Å². The zero-order valence-electron chi connectivity index (χ0n) is 13.6. The number of methoxy groups -OCH3 is 1. The smallest absolute Gasteiger partial charge is 0.219 e. The molecule has 2 aromatic rings. The van der Waals surface area contributed by atoms with Crippen molar-refractivity contribution in [1.29, 1.82) is 0 Å². The normalized spacial score (nSPS) is 10.2. The quantitative estimate of drug-likeness (QED) is 0.766. The van der Waals surface area contributed by atoms with Crippen molar-refractivity contribution in [1.82, 2.24) is 0 Å². The van der Waals surface area contributed by atoms with Gasteiger partial charge in [0, 0.05) is 18.7 Å². The molecule has 0 bridgehead atoms. The first-order chi connectivity index (χ1) is 11.6. The minimum Gasteiger partial charge on any atom is -0.497 e. The molecule has 2 rings (SSSR count). The fraction of sp³-hybridized carbons (Fsp3) is 0.278. The molecule has 0 saturated heterocycles. The number of carbonyl (C=O) groups is 1. The van der Waals surface area contributed by atoms with Gasteiger partial charge in [0.05, 0.1) is 13.7 Å². The lowest BCUT2D eigenvalue weighted by Gasteiger charge is -2.24. The van der Waals surface area contributed by atoms with Crippen LogP contribution in [0.25, 0.3) is 0 Å². The standard InChI is InChI=1S/C18H21FN2O3/c1-23-16-8-4-15(5-9-16)21(11-10-18(20)22)12-13-24-17-6-2-14(19)3-7-17/h2-9H,10-13H2,1H3,(H2,20,22). The number of rotatable bonds is 9. The largest absolute Gasteiger partial charge is 0.497 e. The predicted molar refractivity (Wildman–Crippen MR) is 90.9 cm³/mol. The number of nitrogens with zero attached hydrogens (tertiary/aromatic N) is 1. The van der Waals surface area contributed by atoms with Gasteiger partial charge in [0.15, 0.2) is 0 Å². The van der Waals surface area contributed by atoms with E-state index in [0.29, 0.717) is 25.4 Å². The van der Waals surface area contributed by atoms with Gasteiger partial charge in [-0.25, -0.2) is 4.39 Å².